The van der Waals surface area contributed by atoms with Crippen LogP contribution in [0.25, 0.3) is 0 Å². The molecule has 0 aliphatic carbocycles. The molecule has 106 valence electrons. The van der Waals surface area contributed by atoms with Crippen molar-refractivity contribution < 1.29 is 18.6 Å². The standard InChI is InChI=1S/C13H26O4P/c1-4-7-10-16-13(14)9-11-18(15)17-12(6-3)8-5-2/h12H,4-11H2,1-3H3/q+1. The fraction of sp³-hybridized carbons (Fsp3) is 0.923. The quantitative estimate of drug-likeness (QED) is 0.325. The van der Waals surface area contributed by atoms with Crippen molar-refractivity contribution in [3.63, 3.8) is 0 Å². The Balaban J connectivity index is 3.71. The SMILES string of the molecule is CCCCOC(=O)CC[P+](=O)OC(CC)CCC. The Hall–Kier alpha value is -0.470. The summed E-state index contributed by atoms with van der Waals surface area (Å²) in [5.41, 5.74) is 0. The van der Waals surface area contributed by atoms with Crippen molar-refractivity contribution in [3.05, 3.63) is 0 Å². The molecule has 0 aromatic carbocycles. The van der Waals surface area contributed by atoms with Crippen LogP contribution < -0.4 is 0 Å². The first-order valence-electron chi connectivity index (χ1n) is 6.91. The smallest absolute Gasteiger partial charge is 0.466 e. The van der Waals surface area contributed by atoms with E-state index in [2.05, 4.69) is 6.92 Å². The summed E-state index contributed by atoms with van der Waals surface area (Å²) in [6, 6.07) is 0. The molecule has 0 N–H and O–H groups in total. The second kappa shape index (κ2) is 11.6. The van der Waals surface area contributed by atoms with Crippen molar-refractivity contribution in [2.24, 2.45) is 0 Å². The van der Waals surface area contributed by atoms with Crippen LogP contribution in [0.3, 0.4) is 0 Å². The monoisotopic (exact) mass is 277 g/mol. The van der Waals surface area contributed by atoms with E-state index < -0.39 is 8.03 Å². The van der Waals surface area contributed by atoms with E-state index in [-0.39, 0.29) is 24.7 Å². The van der Waals surface area contributed by atoms with Gasteiger partial charge in [-0.3, -0.25) is 4.79 Å². The Labute approximate surface area is 111 Å². The summed E-state index contributed by atoms with van der Waals surface area (Å²) < 4.78 is 22.0. The number of hydrogen-bond donors (Lipinski definition) is 0. The summed E-state index contributed by atoms with van der Waals surface area (Å²) in [4.78, 5) is 11.3. The van der Waals surface area contributed by atoms with E-state index in [1.807, 2.05) is 13.8 Å². The maximum absolute atomic E-state index is 11.6. The normalized spacial score (nSPS) is 13.2. The second-order valence-electron chi connectivity index (χ2n) is 4.30. The van der Waals surface area contributed by atoms with Gasteiger partial charge < -0.3 is 4.74 Å². The van der Waals surface area contributed by atoms with Gasteiger partial charge in [0, 0.05) is 0 Å². The average molecular weight is 277 g/mol. The summed E-state index contributed by atoms with van der Waals surface area (Å²) in [6.45, 7) is 6.59. The Morgan fingerprint density at radius 2 is 1.94 bits per heavy atom. The van der Waals surface area contributed by atoms with Crippen molar-refractivity contribution in [1.82, 2.24) is 0 Å². The van der Waals surface area contributed by atoms with E-state index in [1.54, 1.807) is 0 Å². The van der Waals surface area contributed by atoms with Crippen LogP contribution in [0.4, 0.5) is 0 Å². The Morgan fingerprint density at radius 1 is 1.22 bits per heavy atom. The average Bonchev–Trinajstić information content (AvgIpc) is 2.36. The molecule has 0 radical (unpaired) electrons. The van der Waals surface area contributed by atoms with Crippen molar-refractivity contribution in [1.29, 1.82) is 0 Å². The van der Waals surface area contributed by atoms with Crippen LogP contribution in [-0.2, 0) is 18.6 Å². The number of carbonyl (C=O) groups excluding carboxylic acids is 1. The molecule has 0 amide bonds. The molecule has 5 heteroatoms. The van der Waals surface area contributed by atoms with E-state index >= 15 is 0 Å². The van der Waals surface area contributed by atoms with Gasteiger partial charge in [-0.1, -0.05) is 33.6 Å². The molecule has 2 atom stereocenters. The van der Waals surface area contributed by atoms with Gasteiger partial charge in [-0.25, -0.2) is 0 Å². The van der Waals surface area contributed by atoms with Gasteiger partial charge in [0.1, 0.15) is 6.10 Å². The highest BCUT2D eigenvalue weighted by molar-refractivity contribution is 7.39. The number of hydrogen-bond acceptors (Lipinski definition) is 4. The first kappa shape index (κ1) is 17.5. The molecule has 0 bridgehead atoms. The summed E-state index contributed by atoms with van der Waals surface area (Å²) in [5, 5.41) is 0. The zero-order chi connectivity index (χ0) is 13.8. The van der Waals surface area contributed by atoms with Gasteiger partial charge in [0.05, 0.1) is 13.0 Å². The van der Waals surface area contributed by atoms with Crippen LogP contribution in [0.5, 0.6) is 0 Å². The van der Waals surface area contributed by atoms with E-state index in [0.717, 1.165) is 32.1 Å². The number of carbonyl (C=O) groups is 1. The van der Waals surface area contributed by atoms with Crippen LogP contribution in [0.1, 0.15) is 59.3 Å². The zero-order valence-electron chi connectivity index (χ0n) is 11.8. The minimum absolute atomic E-state index is 0.0507. The van der Waals surface area contributed by atoms with Crippen LogP contribution in [0, 0.1) is 0 Å². The van der Waals surface area contributed by atoms with E-state index in [9.17, 15) is 9.36 Å². The molecular formula is C13H26O4P+. The number of unbranched alkanes of at least 4 members (excludes halogenated alkanes) is 1. The van der Waals surface area contributed by atoms with Gasteiger partial charge in [-0.15, -0.1) is 4.52 Å². The summed E-state index contributed by atoms with van der Waals surface area (Å²) in [7, 11) is -1.74. The fourth-order valence-corrected chi connectivity index (χ4v) is 2.51. The number of ether oxygens (including phenoxy) is 1. The largest absolute Gasteiger partial charge is 0.508 e. The molecule has 0 aliphatic heterocycles. The van der Waals surface area contributed by atoms with Crippen molar-refractivity contribution in [3.8, 4) is 0 Å². The Kier molecular flexibility index (Phi) is 11.3. The lowest BCUT2D eigenvalue weighted by Gasteiger charge is -2.05. The maximum atomic E-state index is 11.6. The van der Waals surface area contributed by atoms with Crippen molar-refractivity contribution in [2.45, 2.75) is 65.4 Å². The molecule has 0 spiro atoms. The summed E-state index contributed by atoms with van der Waals surface area (Å²) in [6.07, 6.45) is 5.16. The van der Waals surface area contributed by atoms with Gasteiger partial charge in [-0.05, 0) is 23.8 Å². The van der Waals surface area contributed by atoms with E-state index in [0.29, 0.717) is 6.61 Å². The molecular weight excluding hydrogens is 251 g/mol. The number of rotatable bonds is 11. The molecule has 18 heavy (non-hydrogen) atoms. The first-order valence-corrected chi connectivity index (χ1v) is 8.27. The van der Waals surface area contributed by atoms with E-state index in [1.165, 1.54) is 0 Å². The molecule has 4 nitrogen and oxygen atoms in total. The molecule has 0 saturated carbocycles. The topological polar surface area (TPSA) is 52.6 Å². The molecule has 0 aromatic heterocycles. The third-order valence-electron chi connectivity index (χ3n) is 2.59. The van der Waals surface area contributed by atoms with Crippen LogP contribution in [-0.4, -0.2) is 24.8 Å². The first-order chi connectivity index (χ1) is 8.63. The highest BCUT2D eigenvalue weighted by atomic mass is 31.1. The van der Waals surface area contributed by atoms with Gasteiger partial charge >= 0.3 is 14.0 Å². The highest BCUT2D eigenvalue weighted by Crippen LogP contribution is 2.28. The summed E-state index contributed by atoms with van der Waals surface area (Å²) in [5.74, 6) is -0.279. The van der Waals surface area contributed by atoms with Gasteiger partial charge in [0.25, 0.3) is 0 Å². The third-order valence-corrected chi connectivity index (χ3v) is 3.71. The highest BCUT2D eigenvalue weighted by Gasteiger charge is 2.24. The second-order valence-corrected chi connectivity index (χ2v) is 5.63. The van der Waals surface area contributed by atoms with Gasteiger partial charge in [-0.2, -0.15) is 0 Å². The Morgan fingerprint density at radius 3 is 2.50 bits per heavy atom. The number of esters is 1. The predicted molar refractivity (Wildman–Crippen MR) is 73.0 cm³/mol. The fourth-order valence-electron chi connectivity index (χ4n) is 1.46. The molecule has 2 unspecified atom stereocenters. The Bertz CT molecular complexity index is 243. The predicted octanol–water partition coefficient (Wildman–Crippen LogP) is 4.06. The maximum Gasteiger partial charge on any atom is 0.508 e. The molecule has 0 aliphatic rings. The van der Waals surface area contributed by atoms with E-state index in [4.69, 9.17) is 9.26 Å². The minimum Gasteiger partial charge on any atom is -0.466 e. The third kappa shape index (κ3) is 9.55. The van der Waals surface area contributed by atoms with Crippen LogP contribution in [0.15, 0.2) is 0 Å². The molecule has 0 rings (SSSR count). The zero-order valence-corrected chi connectivity index (χ0v) is 12.7. The van der Waals surface area contributed by atoms with Crippen LogP contribution >= 0.6 is 8.03 Å². The van der Waals surface area contributed by atoms with Crippen molar-refractivity contribution >= 4 is 14.0 Å². The summed E-state index contributed by atoms with van der Waals surface area (Å²) >= 11 is 0. The lowest BCUT2D eigenvalue weighted by Crippen LogP contribution is -2.09. The van der Waals surface area contributed by atoms with Gasteiger partial charge in [0.15, 0.2) is 6.16 Å². The molecule has 0 heterocycles. The molecule has 0 aromatic rings. The minimum atomic E-state index is -1.74. The van der Waals surface area contributed by atoms with Crippen molar-refractivity contribution in [2.75, 3.05) is 12.8 Å². The molecule has 0 saturated heterocycles. The molecule has 0 fully saturated rings. The van der Waals surface area contributed by atoms with Crippen LogP contribution in [0.2, 0.25) is 0 Å². The van der Waals surface area contributed by atoms with Gasteiger partial charge in [0.2, 0.25) is 0 Å². The lowest BCUT2D eigenvalue weighted by molar-refractivity contribution is -0.143. The lowest BCUT2D eigenvalue weighted by atomic mass is 10.2.